The number of hydrogen-bond acceptors (Lipinski definition) is 6. The van der Waals surface area contributed by atoms with Crippen LogP contribution in [-0.4, -0.2) is 68.6 Å². The van der Waals surface area contributed by atoms with E-state index in [1.54, 1.807) is 6.20 Å². The predicted molar refractivity (Wildman–Crippen MR) is 61.8 cm³/mol. The molecule has 0 radical (unpaired) electrons. The Labute approximate surface area is 105 Å². The minimum absolute atomic E-state index is 0.0288. The molecule has 100 valence electrons. The zero-order chi connectivity index (χ0) is 12.5. The normalized spacial score (nSPS) is 28.2. The van der Waals surface area contributed by atoms with Crippen molar-refractivity contribution in [3.8, 4) is 0 Å². The van der Waals surface area contributed by atoms with Gasteiger partial charge in [-0.3, -0.25) is 4.90 Å². The number of aromatic nitrogens is 3. The van der Waals surface area contributed by atoms with Gasteiger partial charge in [0.05, 0.1) is 49.9 Å². The van der Waals surface area contributed by atoms with E-state index in [1.807, 2.05) is 4.68 Å². The molecule has 1 saturated heterocycles. The van der Waals surface area contributed by atoms with Crippen LogP contribution >= 0.6 is 0 Å². The van der Waals surface area contributed by atoms with Crippen molar-refractivity contribution in [2.24, 2.45) is 0 Å². The Morgan fingerprint density at radius 1 is 1.44 bits per heavy atom. The molecule has 0 saturated carbocycles. The Hall–Kier alpha value is -1.02. The van der Waals surface area contributed by atoms with Crippen molar-refractivity contribution in [1.29, 1.82) is 0 Å². The lowest BCUT2D eigenvalue weighted by molar-refractivity contribution is -0.0798. The van der Waals surface area contributed by atoms with Crippen molar-refractivity contribution < 1.29 is 14.9 Å². The molecular weight excluding hydrogens is 236 g/mol. The molecule has 2 atom stereocenters. The molecule has 7 nitrogen and oxygen atoms in total. The fourth-order valence-corrected chi connectivity index (χ4v) is 2.82. The van der Waals surface area contributed by atoms with Crippen molar-refractivity contribution in [3.05, 3.63) is 11.9 Å². The minimum atomic E-state index is -0.195. The van der Waals surface area contributed by atoms with Crippen LogP contribution in [-0.2, 0) is 11.3 Å². The van der Waals surface area contributed by atoms with E-state index in [-0.39, 0.29) is 31.4 Å². The molecule has 7 heteroatoms. The van der Waals surface area contributed by atoms with Gasteiger partial charge < -0.3 is 14.9 Å². The number of aliphatic hydroxyl groups is 2. The smallest absolute Gasteiger partial charge is 0.0930 e. The first-order valence-electron chi connectivity index (χ1n) is 6.30. The van der Waals surface area contributed by atoms with Gasteiger partial charge >= 0.3 is 0 Å². The van der Waals surface area contributed by atoms with Gasteiger partial charge in [-0.25, -0.2) is 4.68 Å². The van der Waals surface area contributed by atoms with E-state index in [1.165, 1.54) is 0 Å². The monoisotopic (exact) mass is 254 g/mol. The summed E-state index contributed by atoms with van der Waals surface area (Å²) in [4.78, 5) is 2.10. The number of aliphatic hydroxyl groups excluding tert-OH is 2. The fourth-order valence-electron chi connectivity index (χ4n) is 2.82. The van der Waals surface area contributed by atoms with Crippen LogP contribution in [0.1, 0.15) is 18.2 Å². The first-order chi connectivity index (χ1) is 8.83. The lowest BCUT2D eigenvalue weighted by Gasteiger charge is -2.43. The summed E-state index contributed by atoms with van der Waals surface area (Å²) < 4.78 is 7.73. The van der Waals surface area contributed by atoms with E-state index in [0.717, 1.165) is 25.2 Å². The van der Waals surface area contributed by atoms with Crippen LogP contribution < -0.4 is 0 Å². The highest BCUT2D eigenvalue weighted by Crippen LogP contribution is 2.30. The van der Waals surface area contributed by atoms with Gasteiger partial charge in [-0.2, -0.15) is 0 Å². The standard InChI is InChI=1S/C11H18N4O3/c16-5-9(6-17)14-2-1-11-10(4-14)15-8(7-18-11)3-12-13-15/h3,9-11,16-17H,1-2,4-7H2/t10-,11-/m0/s1. The number of nitrogens with zero attached hydrogens (tertiary/aromatic N) is 4. The van der Waals surface area contributed by atoms with Crippen LogP contribution in [0.15, 0.2) is 6.20 Å². The molecule has 1 fully saturated rings. The Balaban J connectivity index is 1.79. The van der Waals surface area contributed by atoms with Crippen molar-refractivity contribution >= 4 is 0 Å². The van der Waals surface area contributed by atoms with Crippen LogP contribution in [0.5, 0.6) is 0 Å². The van der Waals surface area contributed by atoms with E-state index in [0.29, 0.717) is 6.61 Å². The summed E-state index contributed by atoms with van der Waals surface area (Å²) in [6, 6.07) is -0.0644. The van der Waals surface area contributed by atoms with Gasteiger partial charge in [0.15, 0.2) is 0 Å². The van der Waals surface area contributed by atoms with Gasteiger partial charge in [0, 0.05) is 13.1 Å². The number of piperidine rings is 1. The van der Waals surface area contributed by atoms with E-state index in [4.69, 9.17) is 4.74 Å². The third kappa shape index (κ3) is 1.93. The molecule has 18 heavy (non-hydrogen) atoms. The van der Waals surface area contributed by atoms with Crippen molar-refractivity contribution in [2.75, 3.05) is 26.3 Å². The van der Waals surface area contributed by atoms with Gasteiger partial charge in [0.25, 0.3) is 0 Å². The first-order valence-corrected chi connectivity index (χ1v) is 6.30. The molecule has 2 aliphatic heterocycles. The lowest BCUT2D eigenvalue weighted by atomic mass is 9.99. The van der Waals surface area contributed by atoms with Gasteiger partial charge in [-0.15, -0.1) is 5.10 Å². The van der Waals surface area contributed by atoms with E-state index < -0.39 is 0 Å². The summed E-state index contributed by atoms with van der Waals surface area (Å²) in [5.74, 6) is 0. The number of ether oxygens (including phenoxy) is 1. The predicted octanol–water partition coefficient (Wildman–Crippen LogP) is -1.22. The third-order valence-electron chi connectivity index (χ3n) is 3.90. The van der Waals surface area contributed by atoms with Gasteiger partial charge in [0.2, 0.25) is 0 Å². The van der Waals surface area contributed by atoms with Gasteiger partial charge in [-0.05, 0) is 6.42 Å². The van der Waals surface area contributed by atoms with E-state index in [9.17, 15) is 10.2 Å². The number of fused-ring (bicyclic) bond motifs is 3. The summed E-state index contributed by atoms with van der Waals surface area (Å²) >= 11 is 0. The maximum Gasteiger partial charge on any atom is 0.0930 e. The second-order valence-electron chi connectivity index (χ2n) is 4.89. The summed E-state index contributed by atoms with van der Waals surface area (Å²) in [6.07, 6.45) is 2.78. The average Bonchev–Trinajstić information content (AvgIpc) is 2.88. The molecular formula is C11H18N4O3. The van der Waals surface area contributed by atoms with Crippen LogP contribution in [0.25, 0.3) is 0 Å². The van der Waals surface area contributed by atoms with Crippen LogP contribution in [0.4, 0.5) is 0 Å². The Kier molecular flexibility index (Phi) is 3.29. The SMILES string of the molecule is OCC(CO)N1CC[C@@H]2OCc3cnnn3[C@H]2C1. The quantitative estimate of drug-likeness (QED) is 0.703. The average molecular weight is 254 g/mol. The molecule has 2 aliphatic rings. The highest BCUT2D eigenvalue weighted by Gasteiger charge is 2.37. The summed E-state index contributed by atoms with van der Waals surface area (Å²) in [6.45, 7) is 2.07. The largest absolute Gasteiger partial charge is 0.395 e. The molecule has 0 unspecified atom stereocenters. The second-order valence-corrected chi connectivity index (χ2v) is 4.89. The first kappa shape index (κ1) is 12.0. The fraction of sp³-hybridized carbons (Fsp3) is 0.818. The maximum absolute atomic E-state index is 9.26. The molecule has 1 aromatic heterocycles. The van der Waals surface area contributed by atoms with Gasteiger partial charge in [0.1, 0.15) is 0 Å². The van der Waals surface area contributed by atoms with E-state index in [2.05, 4.69) is 15.2 Å². The Bertz CT molecular complexity index is 407. The molecule has 3 rings (SSSR count). The molecule has 0 bridgehead atoms. The highest BCUT2D eigenvalue weighted by molar-refractivity contribution is 5.01. The molecule has 0 aliphatic carbocycles. The Morgan fingerprint density at radius 2 is 2.28 bits per heavy atom. The van der Waals surface area contributed by atoms with E-state index >= 15 is 0 Å². The molecule has 2 N–H and O–H groups in total. The molecule has 1 aromatic rings. The van der Waals surface area contributed by atoms with Crippen LogP contribution in [0.3, 0.4) is 0 Å². The van der Waals surface area contributed by atoms with Crippen molar-refractivity contribution in [1.82, 2.24) is 19.9 Å². The summed E-state index contributed by atoms with van der Waals surface area (Å²) in [5.41, 5.74) is 0.989. The van der Waals surface area contributed by atoms with Crippen LogP contribution in [0.2, 0.25) is 0 Å². The van der Waals surface area contributed by atoms with Crippen molar-refractivity contribution in [2.45, 2.75) is 31.2 Å². The second kappa shape index (κ2) is 4.93. The summed E-state index contributed by atoms with van der Waals surface area (Å²) in [5, 5.41) is 26.6. The van der Waals surface area contributed by atoms with Crippen LogP contribution in [0, 0.1) is 0 Å². The lowest BCUT2D eigenvalue weighted by Crippen LogP contribution is -2.53. The van der Waals surface area contributed by atoms with Crippen molar-refractivity contribution in [3.63, 3.8) is 0 Å². The zero-order valence-electron chi connectivity index (χ0n) is 10.1. The zero-order valence-corrected chi connectivity index (χ0v) is 10.1. The summed E-state index contributed by atoms with van der Waals surface area (Å²) in [7, 11) is 0. The topological polar surface area (TPSA) is 83.6 Å². The van der Waals surface area contributed by atoms with Gasteiger partial charge in [-0.1, -0.05) is 5.21 Å². The Morgan fingerprint density at radius 3 is 3.06 bits per heavy atom. The number of hydrogen-bond donors (Lipinski definition) is 2. The minimum Gasteiger partial charge on any atom is -0.395 e. The molecule has 0 aromatic carbocycles. The molecule has 3 heterocycles. The number of likely N-dealkylation sites (tertiary alicyclic amines) is 1. The number of rotatable bonds is 3. The third-order valence-corrected chi connectivity index (χ3v) is 3.90. The highest BCUT2D eigenvalue weighted by atomic mass is 16.5. The maximum atomic E-state index is 9.26. The molecule has 0 spiro atoms. The molecule has 0 amide bonds.